The van der Waals surface area contributed by atoms with Crippen LogP contribution in [0.5, 0.6) is 11.5 Å². The normalized spacial score (nSPS) is 16.2. The Morgan fingerprint density at radius 3 is 2.56 bits per heavy atom. The molecule has 0 bridgehead atoms. The molecule has 1 aromatic heterocycles. The Kier molecular flexibility index (Phi) is 3.93. The Morgan fingerprint density at radius 1 is 1.08 bits per heavy atom. The first kappa shape index (κ1) is 15.7. The Labute approximate surface area is 149 Å². The number of fused-ring (bicyclic) bond motifs is 1. The molecule has 4 rings (SSSR count). The van der Waals surface area contributed by atoms with Gasteiger partial charge in [-0.15, -0.1) is 10.2 Å². The molecule has 1 aliphatic heterocycles. The molecule has 1 atom stereocenters. The molecule has 0 saturated heterocycles. The molecule has 3 aromatic rings. The smallest absolute Gasteiger partial charge is 0.213 e. The van der Waals surface area contributed by atoms with Crippen molar-refractivity contribution >= 4 is 17.5 Å². The Balaban J connectivity index is 1.81. The van der Waals surface area contributed by atoms with Crippen molar-refractivity contribution in [1.82, 2.24) is 14.9 Å². The number of benzene rings is 2. The molecule has 0 spiro atoms. The standard InChI is InChI=1S/C18H16N4O2S/c1-11-16(14-5-3-4-6-15(14)23)21-22-17(19-20-18(22)25-11)12-7-9-13(24-2)10-8-12/h3-11,23H,1-2H3/t11-/m1/s1. The molecule has 126 valence electrons. The van der Waals surface area contributed by atoms with Crippen molar-refractivity contribution in [2.75, 3.05) is 7.11 Å². The maximum Gasteiger partial charge on any atom is 0.213 e. The van der Waals surface area contributed by atoms with Crippen molar-refractivity contribution in [2.24, 2.45) is 5.10 Å². The molecule has 25 heavy (non-hydrogen) atoms. The lowest BCUT2D eigenvalue weighted by atomic mass is 10.1. The highest BCUT2D eigenvalue weighted by molar-refractivity contribution is 8.00. The quantitative estimate of drug-likeness (QED) is 0.782. The molecule has 1 aliphatic rings. The minimum absolute atomic E-state index is 0.0636. The summed E-state index contributed by atoms with van der Waals surface area (Å²) in [7, 11) is 1.63. The van der Waals surface area contributed by atoms with E-state index in [1.165, 1.54) is 0 Å². The summed E-state index contributed by atoms with van der Waals surface area (Å²) in [6.07, 6.45) is 0. The molecule has 0 aliphatic carbocycles. The molecule has 0 radical (unpaired) electrons. The highest BCUT2D eigenvalue weighted by Gasteiger charge is 2.27. The van der Waals surface area contributed by atoms with Gasteiger partial charge in [0.1, 0.15) is 11.5 Å². The number of hydrogen-bond acceptors (Lipinski definition) is 6. The molecule has 0 saturated carbocycles. The Hall–Kier alpha value is -2.80. The van der Waals surface area contributed by atoms with Crippen LogP contribution in [-0.4, -0.2) is 38.1 Å². The molecular formula is C18H16N4O2S. The molecular weight excluding hydrogens is 336 g/mol. The van der Waals surface area contributed by atoms with Gasteiger partial charge in [-0.1, -0.05) is 23.9 Å². The SMILES string of the molecule is COc1ccc(-c2nnc3n2N=C(c2ccccc2O)[C@@H](C)S3)cc1. The third-order valence-electron chi connectivity index (χ3n) is 4.02. The average molecular weight is 352 g/mol. The van der Waals surface area contributed by atoms with Gasteiger partial charge >= 0.3 is 0 Å². The van der Waals surface area contributed by atoms with Crippen LogP contribution in [0.25, 0.3) is 11.4 Å². The molecule has 7 heteroatoms. The van der Waals surface area contributed by atoms with E-state index in [-0.39, 0.29) is 11.0 Å². The van der Waals surface area contributed by atoms with Gasteiger partial charge < -0.3 is 9.84 Å². The van der Waals surface area contributed by atoms with Crippen LogP contribution in [0.1, 0.15) is 12.5 Å². The Morgan fingerprint density at radius 2 is 1.84 bits per heavy atom. The molecule has 2 aromatic carbocycles. The van der Waals surface area contributed by atoms with Crippen molar-refractivity contribution in [1.29, 1.82) is 0 Å². The van der Waals surface area contributed by atoms with Crippen LogP contribution >= 0.6 is 11.8 Å². The van der Waals surface area contributed by atoms with Crippen molar-refractivity contribution < 1.29 is 9.84 Å². The van der Waals surface area contributed by atoms with E-state index in [1.54, 1.807) is 35.7 Å². The van der Waals surface area contributed by atoms with Crippen LogP contribution < -0.4 is 4.74 Å². The van der Waals surface area contributed by atoms with E-state index in [0.29, 0.717) is 5.82 Å². The third-order valence-corrected chi connectivity index (χ3v) is 5.06. The highest BCUT2D eigenvalue weighted by atomic mass is 32.2. The molecule has 0 unspecified atom stereocenters. The van der Waals surface area contributed by atoms with E-state index in [0.717, 1.165) is 27.7 Å². The first-order valence-corrected chi connectivity index (χ1v) is 8.69. The highest BCUT2D eigenvalue weighted by Crippen LogP contribution is 2.34. The lowest BCUT2D eigenvalue weighted by molar-refractivity contribution is 0.415. The van der Waals surface area contributed by atoms with Gasteiger partial charge in [-0.3, -0.25) is 0 Å². The second-order valence-corrected chi connectivity index (χ2v) is 6.92. The lowest BCUT2D eigenvalue weighted by Gasteiger charge is -2.20. The Bertz CT molecular complexity index is 950. The predicted octanol–water partition coefficient (Wildman–Crippen LogP) is 3.41. The summed E-state index contributed by atoms with van der Waals surface area (Å²) < 4.78 is 6.93. The maximum atomic E-state index is 10.2. The predicted molar refractivity (Wildman–Crippen MR) is 97.4 cm³/mol. The van der Waals surface area contributed by atoms with Gasteiger partial charge in [-0.25, -0.2) is 0 Å². The summed E-state index contributed by atoms with van der Waals surface area (Å²) in [5, 5.41) is 24.3. The minimum Gasteiger partial charge on any atom is -0.507 e. The van der Waals surface area contributed by atoms with E-state index < -0.39 is 0 Å². The average Bonchev–Trinajstić information content (AvgIpc) is 3.04. The third kappa shape index (κ3) is 2.76. The first-order valence-electron chi connectivity index (χ1n) is 7.81. The van der Waals surface area contributed by atoms with Gasteiger partial charge in [0.15, 0.2) is 5.82 Å². The number of ether oxygens (including phenoxy) is 1. The van der Waals surface area contributed by atoms with E-state index in [2.05, 4.69) is 10.2 Å². The summed E-state index contributed by atoms with van der Waals surface area (Å²) in [5.74, 6) is 1.66. The van der Waals surface area contributed by atoms with Crippen LogP contribution in [0.3, 0.4) is 0 Å². The van der Waals surface area contributed by atoms with E-state index in [4.69, 9.17) is 9.84 Å². The first-order chi connectivity index (χ1) is 12.2. The number of rotatable bonds is 3. The van der Waals surface area contributed by atoms with Gasteiger partial charge in [0.05, 0.1) is 18.1 Å². The van der Waals surface area contributed by atoms with Gasteiger partial charge in [0, 0.05) is 11.1 Å². The fourth-order valence-corrected chi connectivity index (χ4v) is 3.63. The zero-order valence-electron chi connectivity index (χ0n) is 13.7. The van der Waals surface area contributed by atoms with E-state index in [1.807, 2.05) is 43.3 Å². The zero-order chi connectivity index (χ0) is 17.4. The van der Waals surface area contributed by atoms with Gasteiger partial charge in [0.2, 0.25) is 5.16 Å². The summed E-state index contributed by atoms with van der Waals surface area (Å²) in [6.45, 7) is 2.04. The van der Waals surface area contributed by atoms with Crippen LogP contribution in [-0.2, 0) is 0 Å². The fraction of sp³-hybridized carbons (Fsp3) is 0.167. The largest absolute Gasteiger partial charge is 0.507 e. The maximum absolute atomic E-state index is 10.2. The van der Waals surface area contributed by atoms with Crippen molar-refractivity contribution in [3.63, 3.8) is 0 Å². The van der Waals surface area contributed by atoms with Crippen molar-refractivity contribution in [3.8, 4) is 22.9 Å². The number of aromatic hydroxyl groups is 1. The number of thioether (sulfide) groups is 1. The van der Waals surface area contributed by atoms with Gasteiger partial charge in [-0.2, -0.15) is 9.78 Å². The topological polar surface area (TPSA) is 72.5 Å². The minimum atomic E-state index is 0.0636. The van der Waals surface area contributed by atoms with Crippen LogP contribution in [0.2, 0.25) is 0 Å². The monoisotopic (exact) mass is 352 g/mol. The number of nitrogens with zero attached hydrogens (tertiary/aromatic N) is 4. The fourth-order valence-electron chi connectivity index (χ4n) is 2.72. The number of hydrogen-bond donors (Lipinski definition) is 1. The number of phenolic OH excluding ortho intramolecular Hbond substituents is 1. The number of methoxy groups -OCH3 is 1. The molecule has 1 N–H and O–H groups in total. The van der Waals surface area contributed by atoms with Crippen molar-refractivity contribution in [2.45, 2.75) is 17.3 Å². The summed E-state index contributed by atoms with van der Waals surface area (Å²) in [4.78, 5) is 0. The number of para-hydroxylation sites is 1. The number of phenols is 1. The van der Waals surface area contributed by atoms with Gasteiger partial charge in [-0.05, 0) is 43.3 Å². The summed E-state index contributed by atoms with van der Waals surface area (Å²) in [5.41, 5.74) is 2.42. The lowest BCUT2D eigenvalue weighted by Crippen LogP contribution is -2.21. The molecule has 6 nitrogen and oxygen atoms in total. The van der Waals surface area contributed by atoms with E-state index in [9.17, 15) is 5.11 Å². The van der Waals surface area contributed by atoms with Crippen LogP contribution in [0.15, 0.2) is 58.8 Å². The van der Waals surface area contributed by atoms with Gasteiger partial charge in [0.25, 0.3) is 0 Å². The van der Waals surface area contributed by atoms with Crippen LogP contribution in [0.4, 0.5) is 0 Å². The van der Waals surface area contributed by atoms with E-state index >= 15 is 0 Å². The summed E-state index contributed by atoms with van der Waals surface area (Å²) in [6, 6.07) is 14.8. The molecule has 0 fully saturated rings. The zero-order valence-corrected chi connectivity index (χ0v) is 14.6. The second kappa shape index (κ2) is 6.25. The molecule has 0 amide bonds. The van der Waals surface area contributed by atoms with Crippen molar-refractivity contribution in [3.05, 3.63) is 54.1 Å². The summed E-state index contributed by atoms with van der Waals surface area (Å²) >= 11 is 1.57. The molecule has 2 heterocycles. The number of aromatic nitrogens is 3. The van der Waals surface area contributed by atoms with Crippen LogP contribution in [0, 0.1) is 0 Å². The second-order valence-electron chi connectivity index (χ2n) is 5.61.